The molecular formula is C27H33FN4O. The molecule has 1 aliphatic heterocycles. The maximum absolute atomic E-state index is 13.4. The Hall–Kier alpha value is -2.99. The van der Waals surface area contributed by atoms with Gasteiger partial charge in [0, 0.05) is 37.0 Å². The number of nitrogens with one attached hydrogen (secondary N) is 1. The molecule has 1 N–H and O–H groups in total. The Morgan fingerprint density at radius 3 is 2.61 bits per heavy atom. The highest BCUT2D eigenvalue weighted by molar-refractivity contribution is 5.52. The number of benzene rings is 1. The monoisotopic (exact) mass is 448 g/mol. The molecule has 6 heteroatoms. The fraction of sp³-hybridized carbons (Fsp3) is 0.407. The van der Waals surface area contributed by atoms with Crippen LogP contribution in [-0.2, 0) is 13.0 Å². The Morgan fingerprint density at radius 1 is 1.12 bits per heavy atom. The number of halogens is 1. The first kappa shape index (κ1) is 23.2. The minimum atomic E-state index is -0.318. The fourth-order valence-corrected chi connectivity index (χ4v) is 4.26. The lowest BCUT2D eigenvalue weighted by Gasteiger charge is -2.19. The molecule has 0 aliphatic carbocycles. The summed E-state index contributed by atoms with van der Waals surface area (Å²) >= 11 is 0. The second kappa shape index (κ2) is 10.8. The molecule has 3 aromatic rings. The van der Waals surface area contributed by atoms with Gasteiger partial charge in [-0.1, -0.05) is 26.0 Å². The van der Waals surface area contributed by atoms with Gasteiger partial charge in [0.2, 0.25) is 0 Å². The average Bonchev–Trinajstić information content (AvgIpc) is 3.25. The number of likely N-dealkylation sites (N-methyl/N-ethyl adjacent to an activating group) is 1. The molecule has 1 unspecified atom stereocenters. The van der Waals surface area contributed by atoms with E-state index in [-0.39, 0.29) is 5.82 Å². The SMILES string of the molecule is CC(C)COc1ccc(CNc2nccc(C3CCN(C)C3)c2Cc2ccc(F)cn2)cc1. The van der Waals surface area contributed by atoms with Gasteiger partial charge in [0.05, 0.1) is 12.8 Å². The van der Waals surface area contributed by atoms with Gasteiger partial charge in [-0.3, -0.25) is 4.98 Å². The Bertz CT molecular complexity index is 1040. The molecule has 5 nitrogen and oxygen atoms in total. The molecule has 0 bridgehead atoms. The summed E-state index contributed by atoms with van der Waals surface area (Å²) in [5.74, 6) is 2.40. The summed E-state index contributed by atoms with van der Waals surface area (Å²) in [7, 11) is 2.16. The summed E-state index contributed by atoms with van der Waals surface area (Å²) in [6.45, 7) is 7.78. The molecule has 33 heavy (non-hydrogen) atoms. The van der Waals surface area contributed by atoms with Gasteiger partial charge >= 0.3 is 0 Å². The predicted molar refractivity (Wildman–Crippen MR) is 130 cm³/mol. The summed E-state index contributed by atoms with van der Waals surface area (Å²) in [4.78, 5) is 11.3. The highest BCUT2D eigenvalue weighted by Gasteiger charge is 2.25. The molecule has 1 atom stereocenters. The van der Waals surface area contributed by atoms with E-state index in [9.17, 15) is 4.39 Å². The molecule has 3 heterocycles. The molecule has 0 spiro atoms. The van der Waals surface area contributed by atoms with Crippen LogP contribution in [0.1, 0.15) is 48.6 Å². The van der Waals surface area contributed by atoms with Crippen LogP contribution in [0.3, 0.4) is 0 Å². The van der Waals surface area contributed by atoms with E-state index in [1.165, 1.54) is 17.8 Å². The van der Waals surface area contributed by atoms with Gasteiger partial charge in [-0.15, -0.1) is 0 Å². The van der Waals surface area contributed by atoms with E-state index in [1.807, 2.05) is 18.3 Å². The first-order valence-electron chi connectivity index (χ1n) is 11.7. The third kappa shape index (κ3) is 6.29. The molecular weight excluding hydrogens is 415 g/mol. The van der Waals surface area contributed by atoms with Crippen LogP contribution in [-0.4, -0.2) is 41.6 Å². The highest BCUT2D eigenvalue weighted by Crippen LogP contribution is 2.33. The summed E-state index contributed by atoms with van der Waals surface area (Å²) in [5, 5.41) is 3.54. The number of likely N-dealkylation sites (tertiary alicyclic amines) is 1. The summed E-state index contributed by atoms with van der Waals surface area (Å²) < 4.78 is 19.2. The Kier molecular flexibility index (Phi) is 7.55. The summed E-state index contributed by atoms with van der Waals surface area (Å²) in [6, 6.07) is 13.6. The number of aromatic nitrogens is 2. The number of hydrogen-bond donors (Lipinski definition) is 1. The molecule has 1 aliphatic rings. The average molecular weight is 449 g/mol. The van der Waals surface area contributed by atoms with Crippen molar-refractivity contribution in [2.24, 2.45) is 5.92 Å². The zero-order chi connectivity index (χ0) is 23.2. The maximum Gasteiger partial charge on any atom is 0.141 e. The molecule has 1 aromatic carbocycles. The van der Waals surface area contributed by atoms with E-state index < -0.39 is 0 Å². The standard InChI is InChI=1S/C27H33FN4O/c1-19(2)18-33-24-8-4-20(5-9-24)15-31-27-26(14-23-7-6-22(28)16-30-23)25(10-12-29-27)21-11-13-32(3)17-21/h4-10,12,16,19,21H,11,13-15,17-18H2,1-3H3,(H,29,31). The first-order chi connectivity index (χ1) is 16.0. The van der Waals surface area contributed by atoms with Crippen molar-refractivity contribution in [1.82, 2.24) is 14.9 Å². The van der Waals surface area contributed by atoms with Gasteiger partial charge < -0.3 is 15.0 Å². The van der Waals surface area contributed by atoms with Crippen molar-refractivity contribution in [1.29, 1.82) is 0 Å². The minimum Gasteiger partial charge on any atom is -0.493 e. The van der Waals surface area contributed by atoms with Gasteiger partial charge in [-0.25, -0.2) is 9.37 Å². The van der Waals surface area contributed by atoms with Crippen LogP contribution >= 0.6 is 0 Å². The third-order valence-electron chi connectivity index (χ3n) is 6.04. The first-order valence-corrected chi connectivity index (χ1v) is 11.7. The van der Waals surface area contributed by atoms with Gasteiger partial charge in [0.25, 0.3) is 0 Å². The van der Waals surface area contributed by atoms with E-state index >= 15 is 0 Å². The quantitative estimate of drug-likeness (QED) is 0.483. The zero-order valence-corrected chi connectivity index (χ0v) is 19.7. The van der Waals surface area contributed by atoms with Crippen LogP contribution in [0.25, 0.3) is 0 Å². The second-order valence-corrected chi connectivity index (χ2v) is 9.32. The molecule has 1 fully saturated rings. The predicted octanol–water partition coefficient (Wildman–Crippen LogP) is 5.27. The van der Waals surface area contributed by atoms with Crippen molar-refractivity contribution in [2.45, 2.75) is 39.2 Å². The van der Waals surface area contributed by atoms with Crippen LogP contribution in [0.2, 0.25) is 0 Å². The lowest BCUT2D eigenvalue weighted by atomic mass is 9.92. The van der Waals surface area contributed by atoms with Crippen molar-refractivity contribution in [3.05, 3.63) is 83.1 Å². The normalized spacial score (nSPS) is 16.3. The number of pyridine rings is 2. The Balaban J connectivity index is 1.53. The van der Waals surface area contributed by atoms with Crippen LogP contribution in [0.15, 0.2) is 54.9 Å². The summed E-state index contributed by atoms with van der Waals surface area (Å²) in [5.41, 5.74) is 4.45. The minimum absolute atomic E-state index is 0.318. The van der Waals surface area contributed by atoms with E-state index in [2.05, 4.69) is 59.3 Å². The highest BCUT2D eigenvalue weighted by atomic mass is 19.1. The molecule has 0 amide bonds. The van der Waals surface area contributed by atoms with E-state index in [0.29, 0.717) is 31.4 Å². The number of nitrogens with zero attached hydrogens (tertiary/aromatic N) is 3. The lowest BCUT2D eigenvalue weighted by Crippen LogP contribution is -2.15. The van der Waals surface area contributed by atoms with Gasteiger partial charge in [-0.2, -0.15) is 0 Å². The van der Waals surface area contributed by atoms with E-state index in [0.717, 1.165) is 47.9 Å². The molecule has 4 rings (SSSR count). The summed E-state index contributed by atoms with van der Waals surface area (Å²) in [6.07, 6.45) is 4.92. The van der Waals surface area contributed by atoms with Crippen molar-refractivity contribution in [2.75, 3.05) is 32.1 Å². The molecule has 2 aromatic heterocycles. The van der Waals surface area contributed by atoms with Crippen molar-refractivity contribution in [3.63, 3.8) is 0 Å². The number of anilines is 1. The topological polar surface area (TPSA) is 50.3 Å². The zero-order valence-electron chi connectivity index (χ0n) is 19.7. The van der Waals surface area contributed by atoms with Crippen molar-refractivity contribution >= 4 is 5.82 Å². The Morgan fingerprint density at radius 2 is 1.94 bits per heavy atom. The largest absolute Gasteiger partial charge is 0.493 e. The van der Waals surface area contributed by atoms with Crippen molar-refractivity contribution in [3.8, 4) is 5.75 Å². The maximum atomic E-state index is 13.4. The van der Waals surface area contributed by atoms with Gasteiger partial charge in [0.15, 0.2) is 0 Å². The number of ether oxygens (including phenoxy) is 1. The third-order valence-corrected chi connectivity index (χ3v) is 6.04. The molecule has 174 valence electrons. The van der Waals surface area contributed by atoms with E-state index in [1.54, 1.807) is 6.07 Å². The second-order valence-electron chi connectivity index (χ2n) is 9.32. The fourth-order valence-electron chi connectivity index (χ4n) is 4.26. The molecule has 0 saturated carbocycles. The van der Waals surface area contributed by atoms with E-state index in [4.69, 9.17) is 4.74 Å². The van der Waals surface area contributed by atoms with Crippen LogP contribution in [0.5, 0.6) is 5.75 Å². The van der Waals surface area contributed by atoms with Crippen LogP contribution < -0.4 is 10.1 Å². The molecule has 1 saturated heterocycles. The molecule has 0 radical (unpaired) electrons. The van der Waals surface area contributed by atoms with Gasteiger partial charge in [-0.05, 0) is 73.3 Å². The Labute approximate surface area is 196 Å². The number of rotatable bonds is 9. The van der Waals surface area contributed by atoms with Gasteiger partial charge in [0.1, 0.15) is 17.4 Å². The van der Waals surface area contributed by atoms with Crippen LogP contribution in [0.4, 0.5) is 10.2 Å². The smallest absolute Gasteiger partial charge is 0.141 e. The van der Waals surface area contributed by atoms with Crippen molar-refractivity contribution < 1.29 is 9.13 Å². The number of hydrogen-bond acceptors (Lipinski definition) is 5. The van der Waals surface area contributed by atoms with Crippen LogP contribution in [0, 0.1) is 11.7 Å². The lowest BCUT2D eigenvalue weighted by molar-refractivity contribution is 0.271.